The van der Waals surface area contributed by atoms with Gasteiger partial charge in [0.25, 0.3) is 5.91 Å². The number of aliphatic hydroxyl groups excluding tert-OH is 4. The fraction of sp³-hybridized carbons (Fsp3) is 0.500. The number of amides is 1. The van der Waals surface area contributed by atoms with E-state index in [1.807, 2.05) is 37.3 Å². The normalized spacial score (nSPS) is 16.8. The van der Waals surface area contributed by atoms with Gasteiger partial charge in [0.2, 0.25) is 0 Å². The minimum absolute atomic E-state index is 0.0940. The zero-order valence-electron chi connectivity index (χ0n) is 11.8. The molecule has 0 heterocycles. The second kappa shape index (κ2) is 8.71. The van der Waals surface area contributed by atoms with Gasteiger partial charge in [-0.25, -0.2) is 5.43 Å². The van der Waals surface area contributed by atoms with Crippen LogP contribution in [0.3, 0.4) is 0 Å². The quantitative estimate of drug-likeness (QED) is 0.319. The van der Waals surface area contributed by atoms with E-state index in [2.05, 4.69) is 10.9 Å². The van der Waals surface area contributed by atoms with Gasteiger partial charge in [-0.2, -0.15) is 0 Å². The van der Waals surface area contributed by atoms with Crippen molar-refractivity contribution in [3.05, 3.63) is 35.9 Å². The standard InChI is InChI=1S/C14H22N2O5/c1-9(7-10-5-3-2-4-6-10)15-16-14(21)13(20)12(19)11(18)8-17/h2-6,9,11-13,15,17-20H,7-8H2,1H3,(H,16,21)/t9-,11-,12-,13-/m1/s1. The van der Waals surface area contributed by atoms with Gasteiger partial charge in [0.05, 0.1) is 6.61 Å². The van der Waals surface area contributed by atoms with Crippen molar-refractivity contribution >= 4 is 5.91 Å². The molecule has 1 amide bonds. The molecule has 0 radical (unpaired) electrons. The van der Waals surface area contributed by atoms with Crippen LogP contribution in [0.2, 0.25) is 0 Å². The zero-order valence-corrected chi connectivity index (χ0v) is 11.8. The minimum atomic E-state index is -1.83. The molecule has 0 aromatic heterocycles. The Morgan fingerprint density at radius 2 is 1.81 bits per heavy atom. The lowest BCUT2D eigenvalue weighted by Gasteiger charge is -2.22. The van der Waals surface area contributed by atoms with Gasteiger partial charge < -0.3 is 20.4 Å². The number of hydrogen-bond donors (Lipinski definition) is 6. The van der Waals surface area contributed by atoms with Crippen molar-refractivity contribution in [3.8, 4) is 0 Å². The molecule has 0 aliphatic rings. The summed E-state index contributed by atoms with van der Waals surface area (Å²) in [4.78, 5) is 11.6. The lowest BCUT2D eigenvalue weighted by Crippen LogP contribution is -2.53. The molecule has 0 saturated carbocycles. The summed E-state index contributed by atoms with van der Waals surface area (Å²) in [5.74, 6) is -0.880. The van der Waals surface area contributed by atoms with Crippen LogP contribution in [0, 0.1) is 0 Å². The second-order valence-electron chi connectivity index (χ2n) is 4.91. The highest BCUT2D eigenvalue weighted by molar-refractivity contribution is 5.80. The highest BCUT2D eigenvalue weighted by Crippen LogP contribution is 2.03. The summed E-state index contributed by atoms with van der Waals surface area (Å²) in [6.07, 6.45) is -4.49. The summed E-state index contributed by atoms with van der Waals surface area (Å²) >= 11 is 0. The third-order valence-corrected chi connectivity index (χ3v) is 3.00. The van der Waals surface area contributed by atoms with E-state index in [0.717, 1.165) is 5.56 Å². The Morgan fingerprint density at radius 1 is 1.19 bits per heavy atom. The number of nitrogens with one attached hydrogen (secondary N) is 2. The Balaban J connectivity index is 2.38. The molecule has 0 bridgehead atoms. The number of carbonyl (C=O) groups excluding carboxylic acids is 1. The van der Waals surface area contributed by atoms with E-state index in [9.17, 15) is 15.0 Å². The summed E-state index contributed by atoms with van der Waals surface area (Å²) in [7, 11) is 0. The molecule has 0 aliphatic carbocycles. The predicted octanol–water partition coefficient (Wildman–Crippen LogP) is -1.69. The Hall–Kier alpha value is -1.51. The first-order valence-electron chi connectivity index (χ1n) is 6.70. The monoisotopic (exact) mass is 298 g/mol. The molecule has 1 aromatic carbocycles. The molecule has 7 nitrogen and oxygen atoms in total. The molecule has 6 N–H and O–H groups in total. The molecule has 1 rings (SSSR count). The fourth-order valence-corrected chi connectivity index (χ4v) is 1.76. The SMILES string of the molecule is C[C@H](Cc1ccccc1)NNC(=O)[C@H](O)[C@H](O)[C@H](O)CO. The molecule has 118 valence electrons. The number of aliphatic hydroxyl groups is 4. The smallest absolute Gasteiger partial charge is 0.265 e. The Kier molecular flexibility index (Phi) is 7.27. The minimum Gasteiger partial charge on any atom is -0.394 e. The Labute approximate surface area is 123 Å². The number of hydrazine groups is 1. The number of benzene rings is 1. The average molecular weight is 298 g/mol. The maximum Gasteiger partial charge on any atom is 0.265 e. The molecule has 7 heteroatoms. The van der Waals surface area contributed by atoms with E-state index < -0.39 is 30.8 Å². The van der Waals surface area contributed by atoms with Gasteiger partial charge in [-0.15, -0.1) is 0 Å². The summed E-state index contributed by atoms with van der Waals surface area (Å²) in [6.45, 7) is 1.10. The maximum atomic E-state index is 11.6. The van der Waals surface area contributed by atoms with E-state index in [1.165, 1.54) is 0 Å². The molecule has 0 unspecified atom stereocenters. The van der Waals surface area contributed by atoms with Crippen LogP contribution in [-0.2, 0) is 11.2 Å². The lowest BCUT2D eigenvalue weighted by molar-refractivity contribution is -0.143. The molecular formula is C14H22N2O5. The van der Waals surface area contributed by atoms with Crippen LogP contribution in [0.25, 0.3) is 0 Å². The molecule has 21 heavy (non-hydrogen) atoms. The van der Waals surface area contributed by atoms with Gasteiger partial charge >= 0.3 is 0 Å². The van der Waals surface area contributed by atoms with E-state index in [4.69, 9.17) is 10.2 Å². The predicted molar refractivity (Wildman–Crippen MR) is 76.0 cm³/mol. The van der Waals surface area contributed by atoms with Crippen LogP contribution < -0.4 is 10.9 Å². The summed E-state index contributed by atoms with van der Waals surface area (Å²) in [6, 6.07) is 9.55. The third-order valence-electron chi connectivity index (χ3n) is 3.00. The highest BCUT2D eigenvalue weighted by atomic mass is 16.4. The molecule has 0 fully saturated rings. The van der Waals surface area contributed by atoms with Gasteiger partial charge in [0.15, 0.2) is 6.10 Å². The summed E-state index contributed by atoms with van der Waals surface area (Å²) in [5, 5.41) is 36.7. The lowest BCUT2D eigenvalue weighted by atomic mass is 10.1. The van der Waals surface area contributed by atoms with Crippen LogP contribution in [0.1, 0.15) is 12.5 Å². The average Bonchev–Trinajstić information content (AvgIpc) is 2.51. The van der Waals surface area contributed by atoms with Crippen molar-refractivity contribution in [2.24, 2.45) is 0 Å². The summed E-state index contributed by atoms with van der Waals surface area (Å²) < 4.78 is 0. The first-order chi connectivity index (χ1) is 9.95. The van der Waals surface area contributed by atoms with Crippen molar-refractivity contribution in [2.75, 3.05) is 6.61 Å². The molecule has 4 atom stereocenters. The first-order valence-corrected chi connectivity index (χ1v) is 6.70. The van der Waals surface area contributed by atoms with Gasteiger partial charge in [-0.05, 0) is 18.9 Å². The van der Waals surface area contributed by atoms with Gasteiger partial charge in [0, 0.05) is 6.04 Å². The Bertz CT molecular complexity index is 429. The van der Waals surface area contributed by atoms with E-state index >= 15 is 0 Å². The molecular weight excluding hydrogens is 276 g/mol. The van der Waals surface area contributed by atoms with Crippen molar-refractivity contribution in [3.63, 3.8) is 0 Å². The first kappa shape index (κ1) is 17.5. The van der Waals surface area contributed by atoms with E-state index in [-0.39, 0.29) is 6.04 Å². The maximum absolute atomic E-state index is 11.6. The van der Waals surface area contributed by atoms with Crippen molar-refractivity contribution in [2.45, 2.75) is 37.7 Å². The van der Waals surface area contributed by atoms with Crippen LogP contribution in [0.4, 0.5) is 0 Å². The molecule has 0 spiro atoms. The zero-order chi connectivity index (χ0) is 15.8. The highest BCUT2D eigenvalue weighted by Gasteiger charge is 2.29. The van der Waals surface area contributed by atoms with Crippen molar-refractivity contribution < 1.29 is 25.2 Å². The summed E-state index contributed by atoms with van der Waals surface area (Å²) in [5.41, 5.74) is 6.07. The van der Waals surface area contributed by atoms with E-state index in [1.54, 1.807) is 0 Å². The Morgan fingerprint density at radius 3 is 2.38 bits per heavy atom. The number of carbonyl (C=O) groups is 1. The third kappa shape index (κ3) is 5.78. The van der Waals surface area contributed by atoms with E-state index in [0.29, 0.717) is 6.42 Å². The van der Waals surface area contributed by atoms with Crippen LogP contribution in [-0.4, -0.2) is 57.3 Å². The molecule has 1 aromatic rings. The topological polar surface area (TPSA) is 122 Å². The van der Waals surface area contributed by atoms with Gasteiger partial charge in [0.1, 0.15) is 12.2 Å². The second-order valence-corrected chi connectivity index (χ2v) is 4.91. The van der Waals surface area contributed by atoms with Gasteiger partial charge in [-0.1, -0.05) is 30.3 Å². The largest absolute Gasteiger partial charge is 0.394 e. The number of hydrogen-bond acceptors (Lipinski definition) is 6. The van der Waals surface area contributed by atoms with Crippen LogP contribution in [0.5, 0.6) is 0 Å². The number of rotatable bonds is 8. The van der Waals surface area contributed by atoms with Crippen molar-refractivity contribution in [1.29, 1.82) is 0 Å². The van der Waals surface area contributed by atoms with Crippen molar-refractivity contribution in [1.82, 2.24) is 10.9 Å². The fourth-order valence-electron chi connectivity index (χ4n) is 1.76. The molecule has 0 saturated heterocycles. The molecule has 0 aliphatic heterocycles. The van der Waals surface area contributed by atoms with Gasteiger partial charge in [-0.3, -0.25) is 10.2 Å². The van der Waals surface area contributed by atoms with Crippen LogP contribution in [0.15, 0.2) is 30.3 Å². The van der Waals surface area contributed by atoms with Crippen LogP contribution >= 0.6 is 0 Å².